The number of H-pyrrole nitrogens is 1. The van der Waals surface area contributed by atoms with Gasteiger partial charge in [0.15, 0.2) is 5.82 Å². The van der Waals surface area contributed by atoms with Crippen LogP contribution in [0.1, 0.15) is 12.2 Å². The molecule has 1 amide bonds. The number of hydrogen-bond donors (Lipinski definition) is 3. The Balaban J connectivity index is 1.87. The van der Waals surface area contributed by atoms with Crippen molar-refractivity contribution in [2.24, 2.45) is 0 Å². The fourth-order valence-corrected chi connectivity index (χ4v) is 2.20. The molecule has 0 fully saturated rings. The van der Waals surface area contributed by atoms with Gasteiger partial charge in [0.05, 0.1) is 6.54 Å². The van der Waals surface area contributed by atoms with Crippen molar-refractivity contribution < 1.29 is 9.90 Å². The Labute approximate surface area is 127 Å². The van der Waals surface area contributed by atoms with Gasteiger partial charge in [0.2, 0.25) is 5.91 Å². The molecule has 0 radical (unpaired) electrons. The molecule has 1 heterocycles. The monoisotopic (exact) mass is 306 g/mol. The number of hydrogen-bond acceptors (Lipinski definition) is 5. The molecule has 6 nitrogen and oxygen atoms in total. The summed E-state index contributed by atoms with van der Waals surface area (Å²) in [5, 5.41) is 19.2. The summed E-state index contributed by atoms with van der Waals surface area (Å²) in [5.74, 6) is 1.50. The second-order valence-electron chi connectivity index (χ2n) is 4.49. The van der Waals surface area contributed by atoms with Crippen molar-refractivity contribution in [2.45, 2.75) is 19.1 Å². The van der Waals surface area contributed by atoms with Crippen LogP contribution in [0.25, 0.3) is 11.4 Å². The molecule has 0 bridgehead atoms. The van der Waals surface area contributed by atoms with Gasteiger partial charge in [-0.25, -0.2) is 4.98 Å². The molecule has 1 aromatic carbocycles. The molecule has 0 spiro atoms. The van der Waals surface area contributed by atoms with E-state index in [1.807, 2.05) is 36.6 Å². The third-order valence-electron chi connectivity index (χ3n) is 2.89. The number of aromatic nitrogens is 3. The van der Waals surface area contributed by atoms with Crippen molar-refractivity contribution in [3.63, 3.8) is 0 Å². The summed E-state index contributed by atoms with van der Waals surface area (Å²) in [4.78, 5) is 16.0. The van der Waals surface area contributed by atoms with Crippen molar-refractivity contribution in [3.05, 3.63) is 36.2 Å². The largest absolute Gasteiger partial charge is 0.383 e. The van der Waals surface area contributed by atoms with Crippen LogP contribution >= 0.6 is 11.8 Å². The van der Waals surface area contributed by atoms with Gasteiger partial charge < -0.3 is 10.4 Å². The number of amides is 1. The number of thioether (sulfide) groups is 1. The summed E-state index contributed by atoms with van der Waals surface area (Å²) in [7, 11) is 0. The normalized spacial score (nSPS) is 12.1. The van der Waals surface area contributed by atoms with Crippen LogP contribution in [0.15, 0.2) is 30.3 Å². The van der Waals surface area contributed by atoms with E-state index in [0.29, 0.717) is 18.1 Å². The Bertz CT molecular complexity index is 573. The SMILES string of the molecule is CSCC[C@@H](O)C(=O)NCc1nc(-c2ccccc2)n[nH]1. The highest BCUT2D eigenvalue weighted by molar-refractivity contribution is 7.98. The Kier molecular flexibility index (Phi) is 5.77. The number of aliphatic hydroxyl groups is 1. The molecule has 1 atom stereocenters. The van der Waals surface area contributed by atoms with Gasteiger partial charge in [-0.05, 0) is 18.4 Å². The fourth-order valence-electron chi connectivity index (χ4n) is 1.74. The maximum atomic E-state index is 11.7. The molecule has 0 aliphatic heterocycles. The molecule has 0 aliphatic carbocycles. The number of aromatic amines is 1. The molecule has 112 valence electrons. The van der Waals surface area contributed by atoms with Gasteiger partial charge in [-0.2, -0.15) is 16.9 Å². The number of rotatable bonds is 7. The lowest BCUT2D eigenvalue weighted by Crippen LogP contribution is -2.34. The fraction of sp³-hybridized carbons (Fsp3) is 0.357. The van der Waals surface area contributed by atoms with Crippen LogP contribution in [0.3, 0.4) is 0 Å². The zero-order chi connectivity index (χ0) is 15.1. The van der Waals surface area contributed by atoms with Crippen molar-refractivity contribution in [1.82, 2.24) is 20.5 Å². The molecule has 7 heteroatoms. The van der Waals surface area contributed by atoms with E-state index in [4.69, 9.17) is 0 Å². The lowest BCUT2D eigenvalue weighted by Gasteiger charge is -2.09. The van der Waals surface area contributed by atoms with Crippen molar-refractivity contribution >= 4 is 17.7 Å². The third-order valence-corrected chi connectivity index (χ3v) is 3.54. The Morgan fingerprint density at radius 3 is 2.90 bits per heavy atom. The first kappa shape index (κ1) is 15.5. The second-order valence-corrected chi connectivity index (χ2v) is 5.47. The Morgan fingerprint density at radius 2 is 2.19 bits per heavy atom. The quantitative estimate of drug-likeness (QED) is 0.715. The molecule has 1 aromatic heterocycles. The van der Waals surface area contributed by atoms with E-state index in [1.165, 1.54) is 0 Å². The van der Waals surface area contributed by atoms with Gasteiger partial charge in [0, 0.05) is 5.56 Å². The highest BCUT2D eigenvalue weighted by Gasteiger charge is 2.14. The Hall–Kier alpha value is -1.86. The molecule has 3 N–H and O–H groups in total. The minimum atomic E-state index is -0.978. The van der Waals surface area contributed by atoms with Crippen LogP contribution in [0.2, 0.25) is 0 Å². The molecule has 0 aliphatic rings. The van der Waals surface area contributed by atoms with Crippen LogP contribution < -0.4 is 5.32 Å². The standard InChI is InChI=1S/C14H18N4O2S/c1-21-8-7-11(19)14(20)15-9-12-16-13(18-17-12)10-5-3-2-4-6-10/h2-6,11,19H,7-9H2,1H3,(H,15,20)(H,16,17,18)/t11-/m1/s1. The van der Waals surface area contributed by atoms with Crippen LogP contribution in [-0.2, 0) is 11.3 Å². The number of benzene rings is 1. The number of aliphatic hydroxyl groups excluding tert-OH is 1. The van der Waals surface area contributed by atoms with E-state index in [1.54, 1.807) is 11.8 Å². The molecule has 21 heavy (non-hydrogen) atoms. The van der Waals surface area contributed by atoms with Gasteiger partial charge >= 0.3 is 0 Å². The maximum absolute atomic E-state index is 11.7. The van der Waals surface area contributed by atoms with E-state index in [9.17, 15) is 9.90 Å². The lowest BCUT2D eigenvalue weighted by molar-refractivity contribution is -0.129. The molecule has 2 rings (SSSR count). The summed E-state index contributed by atoms with van der Waals surface area (Å²) >= 11 is 1.59. The van der Waals surface area contributed by atoms with Gasteiger partial charge in [0.25, 0.3) is 0 Å². The van der Waals surface area contributed by atoms with E-state index >= 15 is 0 Å². The third kappa shape index (κ3) is 4.57. The predicted octanol–water partition coefficient (Wildman–Crippen LogP) is 1.20. The van der Waals surface area contributed by atoms with E-state index in [0.717, 1.165) is 11.3 Å². The van der Waals surface area contributed by atoms with E-state index in [2.05, 4.69) is 20.5 Å². The summed E-state index contributed by atoms with van der Waals surface area (Å²) < 4.78 is 0. The maximum Gasteiger partial charge on any atom is 0.249 e. The first-order valence-corrected chi connectivity index (χ1v) is 8.01. The lowest BCUT2D eigenvalue weighted by atomic mass is 10.2. The van der Waals surface area contributed by atoms with E-state index < -0.39 is 6.10 Å². The highest BCUT2D eigenvalue weighted by atomic mass is 32.2. The average molecular weight is 306 g/mol. The molecule has 0 saturated heterocycles. The topological polar surface area (TPSA) is 90.9 Å². The Morgan fingerprint density at radius 1 is 1.43 bits per heavy atom. The van der Waals surface area contributed by atoms with Gasteiger partial charge in [-0.3, -0.25) is 9.89 Å². The number of carbonyl (C=O) groups excluding carboxylic acids is 1. The predicted molar refractivity (Wildman–Crippen MR) is 82.7 cm³/mol. The highest BCUT2D eigenvalue weighted by Crippen LogP contribution is 2.13. The van der Waals surface area contributed by atoms with Gasteiger partial charge in [-0.1, -0.05) is 30.3 Å². The molecule has 0 saturated carbocycles. The summed E-state index contributed by atoms with van der Waals surface area (Å²) in [5.41, 5.74) is 0.909. The van der Waals surface area contributed by atoms with Gasteiger partial charge in [-0.15, -0.1) is 0 Å². The second kappa shape index (κ2) is 7.80. The summed E-state index contributed by atoms with van der Waals surface area (Å²) in [6.07, 6.45) is 1.40. The van der Waals surface area contributed by atoms with Crippen molar-refractivity contribution in [2.75, 3.05) is 12.0 Å². The number of nitrogens with zero attached hydrogens (tertiary/aromatic N) is 2. The first-order chi connectivity index (χ1) is 10.2. The van der Waals surface area contributed by atoms with Gasteiger partial charge in [0.1, 0.15) is 11.9 Å². The average Bonchev–Trinajstić information content (AvgIpc) is 3.00. The minimum absolute atomic E-state index is 0.217. The summed E-state index contributed by atoms with van der Waals surface area (Å²) in [6.45, 7) is 0.217. The van der Waals surface area contributed by atoms with Crippen LogP contribution in [-0.4, -0.2) is 44.3 Å². The summed E-state index contributed by atoms with van der Waals surface area (Å²) in [6, 6.07) is 9.58. The zero-order valence-electron chi connectivity index (χ0n) is 11.7. The molecular formula is C14H18N4O2S. The minimum Gasteiger partial charge on any atom is -0.383 e. The molecule has 2 aromatic rings. The van der Waals surface area contributed by atoms with Crippen LogP contribution in [0.4, 0.5) is 0 Å². The first-order valence-electron chi connectivity index (χ1n) is 6.62. The zero-order valence-corrected chi connectivity index (χ0v) is 12.6. The van der Waals surface area contributed by atoms with Crippen LogP contribution in [0.5, 0.6) is 0 Å². The molecule has 0 unspecified atom stereocenters. The smallest absolute Gasteiger partial charge is 0.249 e. The molecular weight excluding hydrogens is 288 g/mol. The number of nitrogens with one attached hydrogen (secondary N) is 2. The van der Waals surface area contributed by atoms with Crippen molar-refractivity contribution in [1.29, 1.82) is 0 Å². The van der Waals surface area contributed by atoms with Crippen molar-refractivity contribution in [3.8, 4) is 11.4 Å². The van der Waals surface area contributed by atoms with Crippen LogP contribution in [0, 0.1) is 0 Å². The van der Waals surface area contributed by atoms with E-state index in [-0.39, 0.29) is 12.5 Å². The number of carbonyl (C=O) groups is 1.